The van der Waals surface area contributed by atoms with Crippen LogP contribution in [0.4, 0.5) is 5.82 Å². The molecule has 1 saturated carbocycles. The van der Waals surface area contributed by atoms with Crippen molar-refractivity contribution in [2.75, 3.05) is 18.0 Å². The minimum absolute atomic E-state index is 0.765. The monoisotopic (exact) mass is 287 g/mol. The lowest BCUT2D eigenvalue weighted by molar-refractivity contribution is 0.459. The number of hydrogen-bond acceptors (Lipinski definition) is 3. The van der Waals surface area contributed by atoms with Crippen molar-refractivity contribution in [3.63, 3.8) is 0 Å². The summed E-state index contributed by atoms with van der Waals surface area (Å²) in [5.74, 6) is 2.09. The summed E-state index contributed by atoms with van der Waals surface area (Å²) in [7, 11) is 0. The first-order valence-corrected chi connectivity index (χ1v) is 8.71. The van der Waals surface area contributed by atoms with E-state index in [0.29, 0.717) is 0 Å². The number of anilines is 1. The molecule has 116 valence electrons. The largest absolute Gasteiger partial charge is 0.357 e. The molecule has 1 saturated heterocycles. The lowest BCUT2D eigenvalue weighted by atomic mass is 9.98. The van der Waals surface area contributed by atoms with Crippen LogP contribution in [0.2, 0.25) is 0 Å². The zero-order valence-corrected chi connectivity index (χ0v) is 13.6. The molecule has 0 bridgehead atoms. The molecule has 0 radical (unpaired) electrons. The third-order valence-corrected chi connectivity index (χ3v) is 5.09. The highest BCUT2D eigenvalue weighted by Gasteiger charge is 2.21. The summed E-state index contributed by atoms with van der Waals surface area (Å²) < 4.78 is 0. The quantitative estimate of drug-likeness (QED) is 0.896. The Labute approximate surface area is 129 Å². The van der Waals surface area contributed by atoms with Crippen LogP contribution in [0, 0.1) is 12.8 Å². The molecule has 3 nitrogen and oxygen atoms in total. The highest BCUT2D eigenvalue weighted by molar-refractivity contribution is 5.41. The van der Waals surface area contributed by atoms with E-state index in [1.807, 2.05) is 0 Å². The van der Waals surface area contributed by atoms with Gasteiger partial charge < -0.3 is 10.2 Å². The molecule has 0 spiro atoms. The topological polar surface area (TPSA) is 28.2 Å². The Hall–Kier alpha value is -1.09. The van der Waals surface area contributed by atoms with E-state index in [1.165, 1.54) is 68.7 Å². The molecule has 21 heavy (non-hydrogen) atoms. The van der Waals surface area contributed by atoms with Crippen molar-refractivity contribution in [3.8, 4) is 0 Å². The van der Waals surface area contributed by atoms with Crippen LogP contribution in [-0.2, 0) is 6.54 Å². The third-order valence-electron chi connectivity index (χ3n) is 5.09. The average Bonchev–Trinajstić information content (AvgIpc) is 3.32. The number of rotatable bonds is 5. The lowest BCUT2D eigenvalue weighted by Gasteiger charge is -2.22. The minimum atomic E-state index is 0.765. The van der Waals surface area contributed by atoms with Crippen molar-refractivity contribution >= 4 is 5.82 Å². The SMILES string of the molecule is CCC1CCCN(c2ccc(CNC3CC3)c(C)n2)CC1. The van der Waals surface area contributed by atoms with Crippen LogP contribution < -0.4 is 10.2 Å². The maximum atomic E-state index is 4.87. The van der Waals surface area contributed by atoms with Gasteiger partial charge in [-0.3, -0.25) is 0 Å². The maximum Gasteiger partial charge on any atom is 0.128 e. The smallest absolute Gasteiger partial charge is 0.128 e. The van der Waals surface area contributed by atoms with Crippen molar-refractivity contribution in [1.82, 2.24) is 10.3 Å². The molecular weight excluding hydrogens is 258 g/mol. The van der Waals surface area contributed by atoms with Gasteiger partial charge in [0.1, 0.15) is 5.82 Å². The average molecular weight is 287 g/mol. The molecule has 1 atom stereocenters. The molecule has 1 aromatic rings. The summed E-state index contributed by atoms with van der Waals surface area (Å²) in [4.78, 5) is 7.36. The van der Waals surface area contributed by atoms with E-state index < -0.39 is 0 Å². The minimum Gasteiger partial charge on any atom is -0.357 e. The second-order valence-electron chi connectivity index (χ2n) is 6.76. The summed E-state index contributed by atoms with van der Waals surface area (Å²) in [6.45, 7) is 7.79. The molecule has 3 heteroatoms. The van der Waals surface area contributed by atoms with Crippen LogP contribution in [0.25, 0.3) is 0 Å². The zero-order chi connectivity index (χ0) is 14.7. The van der Waals surface area contributed by atoms with Crippen molar-refractivity contribution in [2.45, 2.75) is 65.0 Å². The molecule has 0 aromatic carbocycles. The molecule has 1 N–H and O–H groups in total. The standard InChI is InChI=1S/C18H29N3/c1-3-15-5-4-11-21(12-10-15)18-9-6-16(14(2)20-18)13-19-17-7-8-17/h6,9,15,17,19H,3-5,7-8,10-13H2,1-2H3. The van der Waals surface area contributed by atoms with Crippen LogP contribution in [-0.4, -0.2) is 24.1 Å². The van der Waals surface area contributed by atoms with Crippen molar-refractivity contribution in [1.29, 1.82) is 0 Å². The first-order valence-electron chi connectivity index (χ1n) is 8.71. The number of aryl methyl sites for hydroxylation is 1. The van der Waals surface area contributed by atoms with Gasteiger partial charge in [-0.05, 0) is 56.6 Å². The second kappa shape index (κ2) is 6.78. The molecule has 1 aliphatic carbocycles. The van der Waals surface area contributed by atoms with Gasteiger partial charge in [-0.2, -0.15) is 0 Å². The first-order chi connectivity index (χ1) is 10.3. The van der Waals surface area contributed by atoms with Gasteiger partial charge in [0.05, 0.1) is 0 Å². The van der Waals surface area contributed by atoms with E-state index in [-0.39, 0.29) is 0 Å². The maximum absolute atomic E-state index is 4.87. The van der Waals surface area contributed by atoms with Gasteiger partial charge in [0.2, 0.25) is 0 Å². The van der Waals surface area contributed by atoms with E-state index in [9.17, 15) is 0 Å². The molecule has 1 unspecified atom stereocenters. The summed E-state index contributed by atoms with van der Waals surface area (Å²) >= 11 is 0. The molecule has 0 amide bonds. The number of hydrogen-bond donors (Lipinski definition) is 1. The van der Waals surface area contributed by atoms with E-state index >= 15 is 0 Å². The number of pyridine rings is 1. The molecule has 2 heterocycles. The van der Waals surface area contributed by atoms with Crippen molar-refractivity contribution in [2.24, 2.45) is 5.92 Å². The fourth-order valence-corrected chi connectivity index (χ4v) is 3.28. The van der Waals surface area contributed by atoms with Gasteiger partial charge in [-0.1, -0.05) is 19.4 Å². The normalized spacial score (nSPS) is 23.1. The fraction of sp³-hybridized carbons (Fsp3) is 0.722. The molecule has 2 fully saturated rings. The summed E-state index contributed by atoms with van der Waals surface area (Å²) in [6.07, 6.45) is 8.03. The van der Waals surface area contributed by atoms with Crippen molar-refractivity contribution < 1.29 is 0 Å². The summed E-state index contributed by atoms with van der Waals surface area (Å²) in [5, 5.41) is 3.58. The van der Waals surface area contributed by atoms with Crippen LogP contribution in [0.1, 0.15) is 56.7 Å². The number of nitrogens with zero attached hydrogens (tertiary/aromatic N) is 2. The fourth-order valence-electron chi connectivity index (χ4n) is 3.28. The third kappa shape index (κ3) is 3.97. The van der Waals surface area contributed by atoms with Crippen LogP contribution in [0.15, 0.2) is 12.1 Å². The summed E-state index contributed by atoms with van der Waals surface area (Å²) in [6, 6.07) is 5.26. The Morgan fingerprint density at radius 1 is 1.19 bits per heavy atom. The van der Waals surface area contributed by atoms with Crippen LogP contribution >= 0.6 is 0 Å². The molecule has 1 aliphatic heterocycles. The van der Waals surface area contributed by atoms with Crippen LogP contribution in [0.3, 0.4) is 0 Å². The van der Waals surface area contributed by atoms with Crippen molar-refractivity contribution in [3.05, 3.63) is 23.4 Å². The zero-order valence-electron chi connectivity index (χ0n) is 13.6. The Morgan fingerprint density at radius 3 is 2.76 bits per heavy atom. The molecular formula is C18H29N3. The number of aromatic nitrogens is 1. The van der Waals surface area contributed by atoms with Crippen LogP contribution in [0.5, 0.6) is 0 Å². The Balaban J connectivity index is 1.63. The number of nitrogens with one attached hydrogen (secondary N) is 1. The van der Waals surface area contributed by atoms with Gasteiger partial charge >= 0.3 is 0 Å². The summed E-state index contributed by atoms with van der Waals surface area (Å²) in [5.41, 5.74) is 2.55. The van der Waals surface area contributed by atoms with Gasteiger partial charge in [0.15, 0.2) is 0 Å². The van der Waals surface area contributed by atoms with Gasteiger partial charge in [0.25, 0.3) is 0 Å². The first kappa shape index (κ1) is 14.8. The molecule has 1 aromatic heterocycles. The van der Waals surface area contributed by atoms with Gasteiger partial charge in [-0.15, -0.1) is 0 Å². The van der Waals surface area contributed by atoms with E-state index in [0.717, 1.165) is 18.5 Å². The lowest BCUT2D eigenvalue weighted by Crippen LogP contribution is -2.25. The predicted octanol–water partition coefficient (Wildman–Crippen LogP) is 3.66. The molecule has 2 aliphatic rings. The van der Waals surface area contributed by atoms with Gasteiger partial charge in [0, 0.05) is 31.4 Å². The highest BCUT2D eigenvalue weighted by atomic mass is 15.2. The van der Waals surface area contributed by atoms with E-state index in [1.54, 1.807) is 0 Å². The predicted molar refractivity (Wildman–Crippen MR) is 88.7 cm³/mol. The van der Waals surface area contributed by atoms with E-state index in [2.05, 4.69) is 36.2 Å². The van der Waals surface area contributed by atoms with Gasteiger partial charge in [-0.25, -0.2) is 4.98 Å². The Kier molecular flexibility index (Phi) is 4.79. The van der Waals surface area contributed by atoms with E-state index in [4.69, 9.17) is 4.98 Å². The molecule has 3 rings (SSSR count). The Morgan fingerprint density at radius 2 is 2.05 bits per heavy atom. The highest BCUT2D eigenvalue weighted by Crippen LogP contribution is 2.24. The Bertz CT molecular complexity index is 468. The second-order valence-corrected chi connectivity index (χ2v) is 6.76.